The monoisotopic (exact) mass is 413 g/mol. The van der Waals surface area contributed by atoms with Crippen molar-refractivity contribution in [2.45, 2.75) is 18.9 Å². The largest absolute Gasteiger partial charge is 0.495 e. The van der Waals surface area contributed by atoms with E-state index >= 15 is 0 Å². The van der Waals surface area contributed by atoms with Gasteiger partial charge in [-0.3, -0.25) is 9.78 Å². The molecule has 8 heteroatoms. The van der Waals surface area contributed by atoms with Crippen LogP contribution in [0.2, 0.25) is 5.02 Å². The van der Waals surface area contributed by atoms with Crippen LogP contribution in [-0.4, -0.2) is 46.3 Å². The van der Waals surface area contributed by atoms with Crippen LogP contribution in [-0.2, 0) is 5.60 Å². The Bertz CT molecular complexity index is 1050. The highest BCUT2D eigenvalue weighted by Gasteiger charge is 2.41. The van der Waals surface area contributed by atoms with E-state index in [0.29, 0.717) is 46.3 Å². The Morgan fingerprint density at radius 2 is 2.17 bits per heavy atom. The first-order chi connectivity index (χ1) is 13.9. The summed E-state index contributed by atoms with van der Waals surface area (Å²) in [6.45, 7) is 2.49. The average molecular weight is 414 g/mol. The first kappa shape index (κ1) is 19.4. The van der Waals surface area contributed by atoms with Crippen molar-refractivity contribution in [3.05, 3.63) is 64.6 Å². The zero-order valence-electron chi connectivity index (χ0n) is 16.1. The summed E-state index contributed by atoms with van der Waals surface area (Å²) in [7, 11) is 1.53. The number of pyridine rings is 1. The molecule has 1 fully saturated rings. The molecule has 1 unspecified atom stereocenters. The van der Waals surface area contributed by atoms with Crippen LogP contribution >= 0.6 is 11.6 Å². The molecule has 1 aromatic carbocycles. The number of ether oxygens (including phenoxy) is 1. The van der Waals surface area contributed by atoms with Crippen LogP contribution in [0.4, 0.5) is 0 Å². The number of amides is 1. The fourth-order valence-corrected chi connectivity index (χ4v) is 3.76. The minimum Gasteiger partial charge on any atom is -0.495 e. The maximum Gasteiger partial charge on any atom is 0.259 e. The Morgan fingerprint density at radius 3 is 2.86 bits per heavy atom. The number of aromatic nitrogens is 2. The third kappa shape index (κ3) is 3.59. The van der Waals surface area contributed by atoms with E-state index in [9.17, 15) is 9.90 Å². The number of aryl methyl sites for hydroxylation is 1. The Labute approximate surface area is 172 Å². The van der Waals surface area contributed by atoms with E-state index < -0.39 is 5.60 Å². The van der Waals surface area contributed by atoms with Crippen LogP contribution in [0.25, 0.3) is 11.3 Å². The van der Waals surface area contributed by atoms with E-state index in [1.807, 2.05) is 13.0 Å². The molecule has 1 saturated heterocycles. The smallest absolute Gasteiger partial charge is 0.259 e. The molecule has 7 nitrogen and oxygen atoms in total. The van der Waals surface area contributed by atoms with Crippen LogP contribution < -0.4 is 4.74 Å². The third-order valence-corrected chi connectivity index (χ3v) is 5.44. The van der Waals surface area contributed by atoms with Gasteiger partial charge < -0.3 is 19.3 Å². The van der Waals surface area contributed by atoms with E-state index in [0.717, 1.165) is 5.56 Å². The average Bonchev–Trinajstić information content (AvgIpc) is 3.36. The molecule has 1 N–H and O–H groups in total. The molecular formula is C21H20ClN3O4. The Morgan fingerprint density at radius 1 is 1.34 bits per heavy atom. The summed E-state index contributed by atoms with van der Waals surface area (Å²) in [4.78, 5) is 19.0. The molecule has 3 heterocycles. The van der Waals surface area contributed by atoms with Gasteiger partial charge >= 0.3 is 0 Å². The van der Waals surface area contributed by atoms with Gasteiger partial charge in [-0.05, 0) is 36.8 Å². The van der Waals surface area contributed by atoms with Gasteiger partial charge in [0.25, 0.3) is 5.91 Å². The number of hydrogen-bond acceptors (Lipinski definition) is 6. The van der Waals surface area contributed by atoms with E-state index in [2.05, 4.69) is 10.1 Å². The van der Waals surface area contributed by atoms with Crippen molar-refractivity contribution in [2.75, 3.05) is 20.2 Å². The van der Waals surface area contributed by atoms with Gasteiger partial charge in [-0.25, -0.2) is 0 Å². The van der Waals surface area contributed by atoms with Gasteiger partial charge in [-0.1, -0.05) is 22.8 Å². The van der Waals surface area contributed by atoms with Gasteiger partial charge in [-0.15, -0.1) is 0 Å². The second-order valence-corrected chi connectivity index (χ2v) is 7.56. The zero-order chi connectivity index (χ0) is 20.6. The second-order valence-electron chi connectivity index (χ2n) is 7.16. The summed E-state index contributed by atoms with van der Waals surface area (Å²) in [6, 6.07) is 8.84. The fraction of sp³-hybridized carbons (Fsp3) is 0.286. The highest BCUT2D eigenvalue weighted by Crippen LogP contribution is 2.34. The van der Waals surface area contributed by atoms with Crippen molar-refractivity contribution in [1.29, 1.82) is 0 Å². The molecule has 29 heavy (non-hydrogen) atoms. The van der Waals surface area contributed by atoms with Crippen molar-refractivity contribution in [1.82, 2.24) is 15.0 Å². The number of benzene rings is 1. The third-order valence-electron chi connectivity index (χ3n) is 5.15. The molecule has 2 aromatic heterocycles. The Hall–Kier alpha value is -2.90. The topological polar surface area (TPSA) is 88.7 Å². The molecule has 1 atom stereocenters. The number of halogens is 1. The number of carbonyl (C=O) groups excluding carboxylic acids is 1. The minimum absolute atomic E-state index is 0.149. The summed E-state index contributed by atoms with van der Waals surface area (Å²) >= 11 is 6.20. The van der Waals surface area contributed by atoms with E-state index in [1.165, 1.54) is 13.4 Å². The molecule has 1 amide bonds. The van der Waals surface area contributed by atoms with Gasteiger partial charge in [-0.2, -0.15) is 0 Å². The normalized spacial score (nSPS) is 18.8. The molecule has 1 aliphatic rings. The predicted molar refractivity (Wildman–Crippen MR) is 107 cm³/mol. The number of carbonyl (C=O) groups is 1. The second kappa shape index (κ2) is 7.50. The molecular weight excluding hydrogens is 394 g/mol. The lowest BCUT2D eigenvalue weighted by atomic mass is 9.98. The van der Waals surface area contributed by atoms with E-state index in [4.69, 9.17) is 20.9 Å². The first-order valence-corrected chi connectivity index (χ1v) is 9.52. The summed E-state index contributed by atoms with van der Waals surface area (Å²) in [6.07, 6.45) is 3.43. The maximum absolute atomic E-state index is 13.1. The number of likely N-dealkylation sites (tertiary alicyclic amines) is 1. The zero-order valence-corrected chi connectivity index (χ0v) is 16.8. The highest BCUT2D eigenvalue weighted by atomic mass is 35.5. The molecule has 0 saturated carbocycles. The van der Waals surface area contributed by atoms with Crippen LogP contribution in [0.3, 0.4) is 0 Å². The van der Waals surface area contributed by atoms with Crippen LogP contribution in [0, 0.1) is 6.92 Å². The van der Waals surface area contributed by atoms with Crippen molar-refractivity contribution in [2.24, 2.45) is 0 Å². The summed E-state index contributed by atoms with van der Waals surface area (Å²) < 4.78 is 10.2. The lowest BCUT2D eigenvalue weighted by molar-refractivity contribution is 0.0382. The van der Waals surface area contributed by atoms with Crippen molar-refractivity contribution in [3.63, 3.8) is 0 Å². The summed E-state index contributed by atoms with van der Waals surface area (Å²) in [5.74, 6) is 0.262. The standard InChI is InChI=1S/C21H20ClN3O4/c1-13-3-6-18(23-10-13)21(27)7-8-25(12-21)20(26)15-11-29-24-19(15)14-4-5-17(28-2)16(22)9-14/h3-6,9-11,27H,7-8,12H2,1-2H3. The Kier molecular flexibility index (Phi) is 5.02. The minimum atomic E-state index is -1.18. The van der Waals surface area contributed by atoms with Gasteiger partial charge in [0.05, 0.1) is 24.4 Å². The number of hydrogen-bond donors (Lipinski definition) is 1. The van der Waals surface area contributed by atoms with Gasteiger partial charge in [0.2, 0.25) is 0 Å². The summed E-state index contributed by atoms with van der Waals surface area (Å²) in [5.41, 5.74) is 1.74. The molecule has 0 spiro atoms. The SMILES string of the molecule is COc1ccc(-c2nocc2C(=O)N2CCC(O)(c3ccc(C)cn3)C2)cc1Cl. The van der Waals surface area contributed by atoms with Crippen molar-refractivity contribution in [3.8, 4) is 17.0 Å². The van der Waals surface area contributed by atoms with Gasteiger partial charge in [0.15, 0.2) is 0 Å². The lowest BCUT2D eigenvalue weighted by Crippen LogP contribution is -2.35. The summed E-state index contributed by atoms with van der Waals surface area (Å²) in [5, 5.41) is 15.4. The van der Waals surface area contributed by atoms with Crippen molar-refractivity contribution < 1.29 is 19.2 Å². The van der Waals surface area contributed by atoms with Crippen molar-refractivity contribution >= 4 is 17.5 Å². The number of rotatable bonds is 4. The molecule has 1 aliphatic heterocycles. The van der Waals surface area contributed by atoms with E-state index in [-0.39, 0.29) is 12.5 Å². The maximum atomic E-state index is 13.1. The lowest BCUT2D eigenvalue weighted by Gasteiger charge is -2.23. The van der Waals surface area contributed by atoms with Gasteiger partial charge in [0.1, 0.15) is 28.9 Å². The number of aliphatic hydroxyl groups is 1. The fourth-order valence-electron chi connectivity index (χ4n) is 3.50. The molecule has 0 bridgehead atoms. The van der Waals surface area contributed by atoms with Crippen LogP contribution in [0.1, 0.15) is 28.0 Å². The Balaban J connectivity index is 1.58. The highest BCUT2D eigenvalue weighted by molar-refractivity contribution is 6.32. The number of β-amino-alcohol motifs (C(OH)–C–C–N with tert-alkyl or cyclic N) is 1. The van der Waals surface area contributed by atoms with Crippen LogP contribution in [0.15, 0.2) is 47.3 Å². The first-order valence-electron chi connectivity index (χ1n) is 9.14. The molecule has 0 radical (unpaired) electrons. The molecule has 150 valence electrons. The van der Waals surface area contributed by atoms with E-state index in [1.54, 1.807) is 35.4 Å². The quantitative estimate of drug-likeness (QED) is 0.704. The van der Waals surface area contributed by atoms with Gasteiger partial charge in [0, 0.05) is 24.7 Å². The predicted octanol–water partition coefficient (Wildman–Crippen LogP) is 3.44. The number of nitrogens with zero attached hydrogens (tertiary/aromatic N) is 3. The molecule has 4 rings (SSSR count). The molecule has 3 aromatic rings. The number of methoxy groups -OCH3 is 1. The molecule has 0 aliphatic carbocycles. The van der Waals surface area contributed by atoms with Crippen LogP contribution in [0.5, 0.6) is 5.75 Å².